The fraction of sp³-hybridized carbons (Fsp3) is 0.385. The van der Waals surface area contributed by atoms with Gasteiger partial charge in [0.2, 0.25) is 5.91 Å². The standard InChI is InChI=1S/C13H14FNO3/c14-10-4-2-1-3-9(10)13(6-7-13)12(18)15-8-5-11(16)17/h1-4H,5-8H2,(H,15,18)(H,16,17). The highest BCUT2D eigenvalue weighted by Crippen LogP contribution is 2.49. The van der Waals surface area contributed by atoms with E-state index in [2.05, 4.69) is 5.32 Å². The molecule has 0 spiro atoms. The molecule has 1 saturated carbocycles. The Morgan fingerprint density at radius 1 is 1.33 bits per heavy atom. The van der Waals surface area contributed by atoms with Gasteiger partial charge in [-0.1, -0.05) is 18.2 Å². The summed E-state index contributed by atoms with van der Waals surface area (Å²) < 4.78 is 13.7. The van der Waals surface area contributed by atoms with Crippen LogP contribution in [0.3, 0.4) is 0 Å². The second-order valence-electron chi connectivity index (χ2n) is 4.46. The van der Waals surface area contributed by atoms with Gasteiger partial charge in [0.15, 0.2) is 0 Å². The van der Waals surface area contributed by atoms with Gasteiger partial charge >= 0.3 is 5.97 Å². The topological polar surface area (TPSA) is 66.4 Å². The summed E-state index contributed by atoms with van der Waals surface area (Å²) in [6, 6.07) is 6.22. The van der Waals surface area contributed by atoms with E-state index >= 15 is 0 Å². The normalized spacial score (nSPS) is 16.1. The van der Waals surface area contributed by atoms with Crippen LogP contribution in [0.2, 0.25) is 0 Å². The molecule has 2 N–H and O–H groups in total. The van der Waals surface area contributed by atoms with Gasteiger partial charge in [-0.05, 0) is 18.9 Å². The Morgan fingerprint density at radius 3 is 2.56 bits per heavy atom. The summed E-state index contributed by atoms with van der Waals surface area (Å²) in [6.45, 7) is 0.0738. The van der Waals surface area contributed by atoms with E-state index in [0.29, 0.717) is 18.4 Å². The first kappa shape index (κ1) is 12.5. The second kappa shape index (κ2) is 4.76. The average molecular weight is 251 g/mol. The highest BCUT2D eigenvalue weighted by atomic mass is 19.1. The molecule has 0 heterocycles. The van der Waals surface area contributed by atoms with Crippen molar-refractivity contribution >= 4 is 11.9 Å². The molecule has 0 radical (unpaired) electrons. The van der Waals surface area contributed by atoms with Crippen LogP contribution in [0.4, 0.5) is 4.39 Å². The van der Waals surface area contributed by atoms with Crippen LogP contribution in [0, 0.1) is 5.82 Å². The van der Waals surface area contributed by atoms with Gasteiger partial charge in [-0.2, -0.15) is 0 Å². The molecule has 2 rings (SSSR count). The number of amides is 1. The zero-order valence-corrected chi connectivity index (χ0v) is 9.78. The number of carboxylic acid groups (broad SMARTS) is 1. The van der Waals surface area contributed by atoms with E-state index in [4.69, 9.17) is 5.11 Å². The summed E-state index contributed by atoms with van der Waals surface area (Å²) in [5, 5.41) is 11.1. The van der Waals surface area contributed by atoms with E-state index in [9.17, 15) is 14.0 Å². The Labute approximate surface area is 104 Å². The molecule has 0 aromatic heterocycles. The summed E-state index contributed by atoms with van der Waals surface area (Å²) >= 11 is 0. The van der Waals surface area contributed by atoms with Gasteiger partial charge < -0.3 is 10.4 Å². The predicted octanol–water partition coefficient (Wildman–Crippen LogP) is 1.45. The highest BCUT2D eigenvalue weighted by molar-refractivity contribution is 5.91. The van der Waals surface area contributed by atoms with Gasteiger partial charge in [0.05, 0.1) is 11.8 Å². The molecule has 1 aliphatic rings. The molecule has 5 heteroatoms. The lowest BCUT2D eigenvalue weighted by Crippen LogP contribution is -2.36. The summed E-state index contributed by atoms with van der Waals surface area (Å²) in [6.07, 6.45) is 1.08. The SMILES string of the molecule is O=C(O)CCNC(=O)C1(c2ccccc2F)CC1. The Bertz CT molecular complexity index is 483. The van der Waals surface area contributed by atoms with E-state index in [1.165, 1.54) is 6.07 Å². The number of nitrogens with one attached hydrogen (secondary N) is 1. The number of hydrogen-bond donors (Lipinski definition) is 2. The molecule has 0 atom stereocenters. The molecule has 1 fully saturated rings. The maximum Gasteiger partial charge on any atom is 0.305 e. The lowest BCUT2D eigenvalue weighted by molar-refractivity contribution is -0.137. The van der Waals surface area contributed by atoms with Crippen LogP contribution in [0.5, 0.6) is 0 Å². The molecule has 96 valence electrons. The first-order valence-corrected chi connectivity index (χ1v) is 5.81. The quantitative estimate of drug-likeness (QED) is 0.832. The van der Waals surface area contributed by atoms with E-state index in [1.54, 1.807) is 18.2 Å². The lowest BCUT2D eigenvalue weighted by atomic mass is 9.94. The Hall–Kier alpha value is -1.91. The molecule has 1 aromatic carbocycles. The van der Waals surface area contributed by atoms with Crippen LogP contribution in [0.15, 0.2) is 24.3 Å². The fourth-order valence-electron chi connectivity index (χ4n) is 2.05. The molecule has 1 amide bonds. The number of halogens is 1. The maximum atomic E-state index is 13.7. The summed E-state index contributed by atoms with van der Waals surface area (Å²) in [5.41, 5.74) is -0.387. The van der Waals surface area contributed by atoms with Gasteiger partial charge in [-0.3, -0.25) is 9.59 Å². The van der Waals surface area contributed by atoms with E-state index < -0.39 is 11.4 Å². The third kappa shape index (κ3) is 2.34. The van der Waals surface area contributed by atoms with Crippen LogP contribution in [-0.4, -0.2) is 23.5 Å². The van der Waals surface area contributed by atoms with Gasteiger partial charge in [0.25, 0.3) is 0 Å². The minimum atomic E-state index is -0.967. The number of benzene rings is 1. The molecular weight excluding hydrogens is 237 g/mol. The van der Waals surface area contributed by atoms with Crippen LogP contribution < -0.4 is 5.32 Å². The third-order valence-corrected chi connectivity index (χ3v) is 3.20. The highest BCUT2D eigenvalue weighted by Gasteiger charge is 2.52. The zero-order chi connectivity index (χ0) is 13.2. The smallest absolute Gasteiger partial charge is 0.305 e. The largest absolute Gasteiger partial charge is 0.481 e. The van der Waals surface area contributed by atoms with Crippen LogP contribution in [0.25, 0.3) is 0 Å². The third-order valence-electron chi connectivity index (χ3n) is 3.20. The van der Waals surface area contributed by atoms with Crippen molar-refractivity contribution < 1.29 is 19.1 Å². The molecule has 0 saturated heterocycles. The average Bonchev–Trinajstić information content (AvgIpc) is 3.10. The van der Waals surface area contributed by atoms with Crippen molar-refractivity contribution in [1.29, 1.82) is 0 Å². The van der Waals surface area contributed by atoms with Gasteiger partial charge in [-0.15, -0.1) is 0 Å². The Kier molecular flexibility index (Phi) is 3.32. The van der Waals surface area contributed by atoms with E-state index in [1.807, 2.05) is 0 Å². The zero-order valence-electron chi connectivity index (χ0n) is 9.78. The molecule has 4 nitrogen and oxygen atoms in total. The molecule has 18 heavy (non-hydrogen) atoms. The van der Waals surface area contributed by atoms with Crippen molar-refractivity contribution in [3.63, 3.8) is 0 Å². The first-order chi connectivity index (χ1) is 8.56. The van der Waals surface area contributed by atoms with Crippen molar-refractivity contribution in [2.75, 3.05) is 6.54 Å². The molecular formula is C13H14FNO3. The number of rotatable bonds is 5. The van der Waals surface area contributed by atoms with Crippen LogP contribution in [0.1, 0.15) is 24.8 Å². The second-order valence-corrected chi connectivity index (χ2v) is 4.46. The Balaban J connectivity index is 2.06. The summed E-state index contributed by atoms with van der Waals surface area (Å²) in [4.78, 5) is 22.3. The van der Waals surface area contributed by atoms with Crippen molar-refractivity contribution in [2.24, 2.45) is 0 Å². The lowest BCUT2D eigenvalue weighted by Gasteiger charge is -2.16. The van der Waals surface area contributed by atoms with Crippen molar-refractivity contribution in [3.8, 4) is 0 Å². The maximum absolute atomic E-state index is 13.7. The molecule has 1 aliphatic carbocycles. The summed E-state index contributed by atoms with van der Waals surface area (Å²) in [7, 11) is 0. The van der Waals surface area contributed by atoms with Gasteiger partial charge in [0, 0.05) is 12.1 Å². The van der Waals surface area contributed by atoms with Crippen LogP contribution >= 0.6 is 0 Å². The molecule has 1 aromatic rings. The minimum absolute atomic E-state index is 0.0738. The monoisotopic (exact) mass is 251 g/mol. The summed E-state index contributed by atoms with van der Waals surface area (Å²) in [5.74, 6) is -1.64. The molecule has 0 unspecified atom stereocenters. The van der Waals surface area contributed by atoms with E-state index in [0.717, 1.165) is 0 Å². The fourth-order valence-corrected chi connectivity index (χ4v) is 2.05. The van der Waals surface area contributed by atoms with E-state index in [-0.39, 0.29) is 24.7 Å². The first-order valence-electron chi connectivity index (χ1n) is 5.81. The number of hydrogen-bond acceptors (Lipinski definition) is 2. The number of carbonyl (C=O) groups is 2. The van der Waals surface area contributed by atoms with Gasteiger partial charge in [-0.25, -0.2) is 4.39 Å². The minimum Gasteiger partial charge on any atom is -0.481 e. The van der Waals surface area contributed by atoms with Gasteiger partial charge in [0.1, 0.15) is 5.82 Å². The number of carbonyl (C=O) groups excluding carboxylic acids is 1. The number of aliphatic carboxylic acids is 1. The Morgan fingerprint density at radius 2 is 2.00 bits per heavy atom. The van der Waals surface area contributed by atoms with Crippen molar-refractivity contribution in [3.05, 3.63) is 35.6 Å². The van der Waals surface area contributed by atoms with Crippen molar-refractivity contribution in [1.82, 2.24) is 5.32 Å². The number of carboxylic acids is 1. The van der Waals surface area contributed by atoms with Crippen molar-refractivity contribution in [2.45, 2.75) is 24.7 Å². The van der Waals surface area contributed by atoms with Crippen LogP contribution in [-0.2, 0) is 15.0 Å². The molecule has 0 aliphatic heterocycles. The molecule has 0 bridgehead atoms. The predicted molar refractivity (Wildman–Crippen MR) is 62.6 cm³/mol.